The van der Waals surface area contributed by atoms with Crippen molar-refractivity contribution in [2.45, 2.75) is 37.9 Å². The molecule has 4 atom stereocenters. The molecule has 0 unspecified atom stereocenters. The number of benzene rings is 1. The molecule has 31 heavy (non-hydrogen) atoms. The van der Waals surface area contributed by atoms with E-state index in [-0.39, 0.29) is 17.7 Å². The van der Waals surface area contributed by atoms with Gasteiger partial charge in [0.1, 0.15) is 24.3 Å². The van der Waals surface area contributed by atoms with E-state index in [0.29, 0.717) is 34.4 Å². The molecule has 3 aromatic rings. The molecular weight excluding hydrogens is 395 g/mol. The van der Waals surface area contributed by atoms with Crippen molar-refractivity contribution in [3.8, 4) is 28.8 Å². The van der Waals surface area contributed by atoms with Crippen molar-refractivity contribution >= 4 is 5.82 Å². The minimum Gasteiger partial charge on any atom is -0.507 e. The van der Waals surface area contributed by atoms with Crippen LogP contribution in [0.5, 0.6) is 5.75 Å². The molecule has 7 nitrogen and oxygen atoms in total. The summed E-state index contributed by atoms with van der Waals surface area (Å²) < 4.78 is 16.6. The van der Waals surface area contributed by atoms with Crippen molar-refractivity contribution in [1.29, 1.82) is 5.26 Å². The van der Waals surface area contributed by atoms with E-state index >= 15 is 0 Å². The number of rotatable bonds is 4. The molecule has 0 aliphatic heterocycles. The molecule has 2 saturated carbocycles. The molecule has 0 radical (unpaired) electrons. The molecule has 2 heterocycles. The van der Waals surface area contributed by atoms with Gasteiger partial charge in [-0.3, -0.25) is 0 Å². The molecular formula is C23H23FN6O. The predicted octanol–water partition coefficient (Wildman–Crippen LogP) is 3.87. The number of alkyl halides is 1. The van der Waals surface area contributed by atoms with E-state index in [1.807, 2.05) is 30.1 Å². The fourth-order valence-corrected chi connectivity index (χ4v) is 5.02. The van der Waals surface area contributed by atoms with Crippen LogP contribution >= 0.6 is 0 Å². The van der Waals surface area contributed by atoms with E-state index < -0.39 is 6.17 Å². The summed E-state index contributed by atoms with van der Waals surface area (Å²) in [5.41, 5.74) is 2.06. The van der Waals surface area contributed by atoms with Crippen molar-refractivity contribution in [1.82, 2.24) is 19.7 Å². The molecule has 0 spiro atoms. The monoisotopic (exact) mass is 418 g/mol. The van der Waals surface area contributed by atoms with Gasteiger partial charge in [0.15, 0.2) is 11.5 Å². The normalized spacial score (nSPS) is 24.7. The number of phenolic OH excluding ortho intramolecular Hbond substituents is 1. The molecule has 5 rings (SSSR count). The zero-order valence-corrected chi connectivity index (χ0v) is 17.2. The van der Waals surface area contributed by atoms with E-state index in [9.17, 15) is 9.50 Å². The second-order valence-electron chi connectivity index (χ2n) is 8.55. The molecule has 2 bridgehead atoms. The molecule has 0 amide bonds. The number of anilines is 1. The Morgan fingerprint density at radius 1 is 1.19 bits per heavy atom. The van der Waals surface area contributed by atoms with E-state index in [2.05, 4.69) is 15.2 Å². The highest BCUT2D eigenvalue weighted by molar-refractivity contribution is 5.69. The van der Waals surface area contributed by atoms with Gasteiger partial charge in [0.2, 0.25) is 0 Å². The van der Waals surface area contributed by atoms with Gasteiger partial charge in [-0.25, -0.2) is 9.37 Å². The summed E-state index contributed by atoms with van der Waals surface area (Å²) in [7, 11) is 1.89. The first kappa shape index (κ1) is 19.5. The molecule has 2 aliphatic rings. The first-order valence-electron chi connectivity index (χ1n) is 10.5. The van der Waals surface area contributed by atoms with E-state index in [0.717, 1.165) is 25.7 Å². The Labute approximate surface area is 179 Å². The van der Waals surface area contributed by atoms with Crippen LogP contribution in [0.2, 0.25) is 0 Å². The zero-order chi connectivity index (χ0) is 21.5. The molecule has 2 aromatic heterocycles. The maximum atomic E-state index is 14.9. The number of halogens is 1. The van der Waals surface area contributed by atoms with Crippen LogP contribution in [0.3, 0.4) is 0 Å². The lowest BCUT2D eigenvalue weighted by Crippen LogP contribution is -2.46. The van der Waals surface area contributed by atoms with Gasteiger partial charge in [0, 0.05) is 24.9 Å². The van der Waals surface area contributed by atoms with Crippen molar-refractivity contribution in [3.63, 3.8) is 0 Å². The SMILES string of the molecule is CN(c1ccc(-c2ccc(-n3cnc(C#N)c3)cc2O)nn1)[C@H]1C[C@@H]2CC[C@@H](C2)[C@H]1F. The largest absolute Gasteiger partial charge is 0.507 e. The predicted molar refractivity (Wildman–Crippen MR) is 114 cm³/mol. The second-order valence-corrected chi connectivity index (χ2v) is 8.55. The summed E-state index contributed by atoms with van der Waals surface area (Å²) >= 11 is 0. The van der Waals surface area contributed by atoms with Crippen molar-refractivity contribution < 1.29 is 9.50 Å². The van der Waals surface area contributed by atoms with Crippen LogP contribution in [0.15, 0.2) is 42.9 Å². The summed E-state index contributed by atoms with van der Waals surface area (Å²) in [6.45, 7) is 0. The average molecular weight is 418 g/mol. The Hall–Kier alpha value is -3.47. The molecule has 0 saturated heterocycles. The van der Waals surface area contributed by atoms with Crippen LogP contribution in [0.1, 0.15) is 31.4 Å². The lowest BCUT2D eigenvalue weighted by molar-refractivity contribution is 0.144. The fraction of sp³-hybridized carbons (Fsp3) is 0.391. The second kappa shape index (κ2) is 7.65. The van der Waals surface area contributed by atoms with Crippen molar-refractivity contribution in [3.05, 3.63) is 48.5 Å². The Morgan fingerprint density at radius 2 is 2.06 bits per heavy atom. The highest BCUT2D eigenvalue weighted by atomic mass is 19.1. The van der Waals surface area contributed by atoms with Gasteiger partial charge >= 0.3 is 0 Å². The van der Waals surface area contributed by atoms with Gasteiger partial charge in [-0.15, -0.1) is 10.2 Å². The van der Waals surface area contributed by atoms with Crippen molar-refractivity contribution in [2.24, 2.45) is 11.8 Å². The van der Waals surface area contributed by atoms with Gasteiger partial charge in [-0.05, 0) is 61.8 Å². The third-order valence-electron chi connectivity index (χ3n) is 6.74. The highest BCUT2D eigenvalue weighted by Crippen LogP contribution is 2.45. The molecule has 158 valence electrons. The summed E-state index contributed by atoms with van der Waals surface area (Å²) in [5.74, 6) is 1.48. The van der Waals surface area contributed by atoms with E-state index in [1.165, 1.54) is 6.33 Å². The molecule has 1 N–H and O–H groups in total. The van der Waals surface area contributed by atoms with Gasteiger partial charge in [-0.2, -0.15) is 5.26 Å². The number of aromatic hydroxyl groups is 1. The van der Waals surface area contributed by atoms with Gasteiger partial charge in [0.05, 0.1) is 17.4 Å². The van der Waals surface area contributed by atoms with Crippen LogP contribution in [-0.4, -0.2) is 44.1 Å². The average Bonchev–Trinajstić information content (AvgIpc) is 3.43. The molecule has 8 heteroatoms. The summed E-state index contributed by atoms with van der Waals surface area (Å²) in [6.07, 6.45) is 6.29. The standard InChI is InChI=1S/C23H23FN6O/c1-29(20-9-14-2-3-15(8-14)23(20)24)22-7-6-19(27-28-22)18-5-4-17(10-21(18)31)30-12-16(11-25)26-13-30/h4-7,10,12-15,20,23,31H,2-3,8-9H2,1H3/t14-,15+,20+,23-/m1/s1. The van der Waals surface area contributed by atoms with Crippen molar-refractivity contribution in [2.75, 3.05) is 11.9 Å². The Bertz CT molecular complexity index is 1140. The minimum absolute atomic E-state index is 0.0489. The van der Waals surface area contributed by atoms with Gasteiger partial charge in [-0.1, -0.05) is 0 Å². The Kier molecular flexibility index (Phi) is 4.81. The quantitative estimate of drug-likeness (QED) is 0.692. The number of nitrogens with zero attached hydrogens (tertiary/aromatic N) is 6. The van der Waals surface area contributed by atoms with E-state index in [4.69, 9.17) is 5.26 Å². The van der Waals surface area contributed by atoms with Crippen LogP contribution in [0.25, 0.3) is 16.9 Å². The topological polar surface area (TPSA) is 90.9 Å². The number of hydrogen-bond donors (Lipinski definition) is 1. The number of aromatic nitrogens is 4. The number of phenols is 1. The number of fused-ring (bicyclic) bond motifs is 2. The van der Waals surface area contributed by atoms with Gasteiger partial charge < -0.3 is 14.6 Å². The number of hydrogen-bond acceptors (Lipinski definition) is 6. The maximum absolute atomic E-state index is 14.9. The zero-order valence-electron chi connectivity index (χ0n) is 17.2. The van der Waals surface area contributed by atoms with Gasteiger partial charge in [0.25, 0.3) is 0 Å². The summed E-state index contributed by atoms with van der Waals surface area (Å²) in [6, 6.07) is 10.6. The number of imidazole rings is 1. The molecule has 2 fully saturated rings. The summed E-state index contributed by atoms with van der Waals surface area (Å²) in [4.78, 5) is 5.89. The number of nitriles is 1. The molecule has 1 aromatic carbocycles. The Morgan fingerprint density at radius 3 is 2.77 bits per heavy atom. The first-order chi connectivity index (χ1) is 15.0. The highest BCUT2D eigenvalue weighted by Gasteiger charge is 2.44. The Balaban J connectivity index is 1.35. The molecule has 2 aliphatic carbocycles. The lowest BCUT2D eigenvalue weighted by atomic mass is 9.83. The maximum Gasteiger partial charge on any atom is 0.158 e. The first-order valence-corrected chi connectivity index (χ1v) is 10.5. The summed E-state index contributed by atoms with van der Waals surface area (Å²) in [5, 5.41) is 28.1. The fourth-order valence-electron chi connectivity index (χ4n) is 5.02. The lowest BCUT2D eigenvalue weighted by Gasteiger charge is -2.38. The third-order valence-corrected chi connectivity index (χ3v) is 6.74. The van der Waals surface area contributed by atoms with Crippen LogP contribution in [0.4, 0.5) is 10.2 Å². The minimum atomic E-state index is -0.827. The van der Waals surface area contributed by atoms with E-state index in [1.54, 1.807) is 29.0 Å². The third kappa shape index (κ3) is 3.50. The van der Waals surface area contributed by atoms with Crippen LogP contribution in [0, 0.1) is 23.2 Å². The smallest absolute Gasteiger partial charge is 0.158 e. The van der Waals surface area contributed by atoms with Crippen LogP contribution in [-0.2, 0) is 0 Å². The van der Waals surface area contributed by atoms with Crippen LogP contribution < -0.4 is 4.90 Å².